The normalized spacial score (nSPS) is 13.9. The predicted octanol–water partition coefficient (Wildman–Crippen LogP) is 5.99. The fraction of sp³-hybridized carbons (Fsp3) is 0.188. The van der Waals surface area contributed by atoms with Crippen molar-refractivity contribution >= 4 is 17.5 Å². The second-order valence-corrected chi connectivity index (χ2v) is 9.53. The summed E-state index contributed by atoms with van der Waals surface area (Å²) in [6.07, 6.45) is 1.06. The molecule has 0 fully saturated rings. The zero-order valence-electron chi connectivity index (χ0n) is 21.0. The van der Waals surface area contributed by atoms with E-state index >= 15 is 0 Å². The van der Waals surface area contributed by atoms with Gasteiger partial charge in [-0.1, -0.05) is 78.9 Å². The van der Waals surface area contributed by atoms with Crippen LogP contribution >= 0.6 is 0 Å². The molecule has 0 saturated carbocycles. The van der Waals surface area contributed by atoms with Crippen molar-refractivity contribution in [3.05, 3.63) is 137 Å². The number of fused-ring (bicyclic) bond motifs is 1. The smallest absolute Gasteiger partial charge is 0.255 e. The second-order valence-electron chi connectivity index (χ2n) is 9.53. The summed E-state index contributed by atoms with van der Waals surface area (Å²) in [4.78, 5) is 28.5. The first-order valence-corrected chi connectivity index (χ1v) is 12.7. The maximum atomic E-state index is 13.0. The molecule has 1 atom stereocenters. The lowest BCUT2D eigenvalue weighted by Crippen LogP contribution is -2.30. The minimum atomic E-state index is -0.241. The van der Waals surface area contributed by atoms with Crippen LogP contribution in [0.2, 0.25) is 0 Å². The van der Waals surface area contributed by atoms with Gasteiger partial charge >= 0.3 is 0 Å². The Morgan fingerprint density at radius 2 is 1.46 bits per heavy atom. The van der Waals surface area contributed by atoms with Gasteiger partial charge in [-0.25, -0.2) is 0 Å². The minimum Gasteiger partial charge on any atom is -0.345 e. The van der Waals surface area contributed by atoms with Crippen LogP contribution in [0.3, 0.4) is 0 Å². The van der Waals surface area contributed by atoms with E-state index in [2.05, 4.69) is 39.8 Å². The van der Waals surface area contributed by atoms with Crippen molar-refractivity contribution in [3.63, 3.8) is 0 Å². The number of benzene rings is 4. The van der Waals surface area contributed by atoms with E-state index < -0.39 is 0 Å². The molecule has 4 aromatic carbocycles. The molecule has 0 unspecified atom stereocenters. The average molecular weight is 490 g/mol. The highest BCUT2D eigenvalue weighted by Gasteiger charge is 2.18. The van der Waals surface area contributed by atoms with E-state index in [1.54, 1.807) is 18.2 Å². The maximum absolute atomic E-state index is 13.0. The molecule has 1 heterocycles. The quantitative estimate of drug-likeness (QED) is 0.335. The molecular formula is C32H31N3O2. The minimum absolute atomic E-state index is 0.154. The Morgan fingerprint density at radius 1 is 0.784 bits per heavy atom. The highest BCUT2D eigenvalue weighted by Crippen LogP contribution is 2.22. The molecule has 0 aliphatic carbocycles. The van der Waals surface area contributed by atoms with Crippen molar-refractivity contribution in [2.75, 3.05) is 11.9 Å². The number of nitrogens with one attached hydrogen (secondary N) is 2. The van der Waals surface area contributed by atoms with Crippen LogP contribution in [0.25, 0.3) is 0 Å². The van der Waals surface area contributed by atoms with Crippen molar-refractivity contribution in [1.82, 2.24) is 10.2 Å². The Balaban J connectivity index is 1.21. The molecule has 4 aromatic rings. The Bertz CT molecular complexity index is 1380. The third kappa shape index (κ3) is 5.96. The van der Waals surface area contributed by atoms with Crippen LogP contribution in [0.4, 0.5) is 5.69 Å². The van der Waals surface area contributed by atoms with Gasteiger partial charge in [0, 0.05) is 25.2 Å². The van der Waals surface area contributed by atoms with E-state index in [0.717, 1.165) is 31.6 Å². The molecule has 5 heteroatoms. The number of amides is 2. The number of rotatable bonds is 7. The molecule has 0 aromatic heterocycles. The zero-order chi connectivity index (χ0) is 25.6. The van der Waals surface area contributed by atoms with Gasteiger partial charge < -0.3 is 10.6 Å². The van der Waals surface area contributed by atoms with Crippen LogP contribution in [0.15, 0.2) is 103 Å². The van der Waals surface area contributed by atoms with Crippen LogP contribution in [0, 0.1) is 0 Å². The van der Waals surface area contributed by atoms with Crippen molar-refractivity contribution in [3.8, 4) is 0 Å². The average Bonchev–Trinajstić information content (AvgIpc) is 2.94. The fourth-order valence-corrected chi connectivity index (χ4v) is 4.79. The summed E-state index contributed by atoms with van der Waals surface area (Å²) < 4.78 is 0. The first-order chi connectivity index (χ1) is 18.1. The molecule has 2 amide bonds. The molecule has 1 aliphatic heterocycles. The van der Waals surface area contributed by atoms with Crippen molar-refractivity contribution in [2.45, 2.75) is 32.5 Å². The van der Waals surface area contributed by atoms with E-state index in [1.807, 2.05) is 67.6 Å². The highest BCUT2D eigenvalue weighted by atomic mass is 16.2. The molecule has 1 aliphatic rings. The van der Waals surface area contributed by atoms with Gasteiger partial charge in [0.1, 0.15) is 0 Å². The van der Waals surface area contributed by atoms with Gasteiger partial charge in [-0.05, 0) is 59.9 Å². The van der Waals surface area contributed by atoms with Gasteiger partial charge in [0.2, 0.25) is 0 Å². The summed E-state index contributed by atoms with van der Waals surface area (Å²) >= 11 is 0. The molecule has 2 N–H and O–H groups in total. The number of hydrogen-bond donors (Lipinski definition) is 2. The largest absolute Gasteiger partial charge is 0.345 e. The number of para-hydroxylation sites is 1. The summed E-state index contributed by atoms with van der Waals surface area (Å²) in [5, 5.41) is 5.95. The first-order valence-electron chi connectivity index (χ1n) is 12.7. The lowest BCUT2D eigenvalue weighted by molar-refractivity contribution is 0.0940. The van der Waals surface area contributed by atoms with Gasteiger partial charge in [-0.2, -0.15) is 0 Å². The molecule has 0 radical (unpaired) electrons. The van der Waals surface area contributed by atoms with Gasteiger partial charge in [-0.3, -0.25) is 14.5 Å². The zero-order valence-corrected chi connectivity index (χ0v) is 21.0. The molecule has 0 saturated heterocycles. The topological polar surface area (TPSA) is 61.4 Å². The molecule has 0 spiro atoms. The summed E-state index contributed by atoms with van der Waals surface area (Å²) in [6, 6.07) is 33.1. The first kappa shape index (κ1) is 24.5. The number of anilines is 1. The van der Waals surface area contributed by atoms with Crippen LogP contribution in [-0.4, -0.2) is 23.3 Å². The summed E-state index contributed by atoms with van der Waals surface area (Å²) in [7, 11) is 0. The predicted molar refractivity (Wildman–Crippen MR) is 147 cm³/mol. The standard InChI is InChI=1S/C32H31N3O2/c1-23(25-9-3-2-4-10-25)33-32(37)29-13-7-8-14-30(29)34-31(36)27-17-15-24(16-18-27)21-35-20-19-26-11-5-6-12-28(26)22-35/h2-18,23H,19-22H2,1H3,(H,33,37)(H,34,36)/t23-/m0/s1. The van der Waals surface area contributed by atoms with Crippen LogP contribution in [0.5, 0.6) is 0 Å². The second kappa shape index (κ2) is 11.2. The van der Waals surface area contributed by atoms with E-state index in [1.165, 1.54) is 16.7 Å². The van der Waals surface area contributed by atoms with E-state index in [0.29, 0.717) is 16.8 Å². The van der Waals surface area contributed by atoms with Crippen LogP contribution in [0.1, 0.15) is 55.9 Å². The molecule has 5 rings (SSSR count). The maximum Gasteiger partial charge on any atom is 0.255 e. The van der Waals surface area contributed by atoms with Crippen LogP contribution < -0.4 is 10.6 Å². The van der Waals surface area contributed by atoms with E-state index in [4.69, 9.17) is 0 Å². The lowest BCUT2D eigenvalue weighted by Gasteiger charge is -2.28. The SMILES string of the molecule is C[C@H](NC(=O)c1ccccc1NC(=O)c1ccc(CN2CCc3ccccc3C2)cc1)c1ccccc1. The third-order valence-electron chi connectivity index (χ3n) is 6.90. The highest BCUT2D eigenvalue weighted by molar-refractivity contribution is 6.09. The van der Waals surface area contributed by atoms with Crippen molar-refractivity contribution in [1.29, 1.82) is 0 Å². The summed E-state index contributed by atoms with van der Waals surface area (Å²) in [5.41, 5.74) is 6.50. The number of hydrogen-bond acceptors (Lipinski definition) is 3. The van der Waals surface area contributed by atoms with E-state index in [-0.39, 0.29) is 17.9 Å². The van der Waals surface area contributed by atoms with Gasteiger partial charge in [0.25, 0.3) is 11.8 Å². The number of carbonyl (C=O) groups excluding carboxylic acids is 2. The summed E-state index contributed by atoms with van der Waals surface area (Å²) in [6.45, 7) is 4.76. The molecule has 0 bridgehead atoms. The summed E-state index contributed by atoms with van der Waals surface area (Å²) in [5.74, 6) is -0.472. The van der Waals surface area contributed by atoms with Crippen molar-refractivity contribution in [2.24, 2.45) is 0 Å². The monoisotopic (exact) mass is 489 g/mol. The molecular weight excluding hydrogens is 458 g/mol. The van der Waals surface area contributed by atoms with Gasteiger partial charge in [0.05, 0.1) is 17.3 Å². The number of nitrogens with zero attached hydrogens (tertiary/aromatic N) is 1. The Labute approximate surface area is 218 Å². The fourth-order valence-electron chi connectivity index (χ4n) is 4.79. The third-order valence-corrected chi connectivity index (χ3v) is 6.90. The lowest BCUT2D eigenvalue weighted by atomic mass is 9.99. The molecule has 37 heavy (non-hydrogen) atoms. The molecule has 5 nitrogen and oxygen atoms in total. The Kier molecular flexibility index (Phi) is 7.43. The molecule has 186 valence electrons. The van der Waals surface area contributed by atoms with E-state index in [9.17, 15) is 9.59 Å². The van der Waals surface area contributed by atoms with Gasteiger partial charge in [0.15, 0.2) is 0 Å². The van der Waals surface area contributed by atoms with Crippen molar-refractivity contribution < 1.29 is 9.59 Å². The number of carbonyl (C=O) groups is 2. The Hall–Kier alpha value is -4.22. The Morgan fingerprint density at radius 3 is 2.24 bits per heavy atom. The van der Waals surface area contributed by atoms with Crippen LogP contribution in [-0.2, 0) is 19.5 Å². The van der Waals surface area contributed by atoms with Gasteiger partial charge in [-0.15, -0.1) is 0 Å².